The summed E-state index contributed by atoms with van der Waals surface area (Å²) in [5.74, 6) is 0.879. The molecule has 2 rings (SSSR count). The van der Waals surface area contributed by atoms with Crippen molar-refractivity contribution in [2.45, 2.75) is 79.3 Å². The van der Waals surface area contributed by atoms with Crippen molar-refractivity contribution in [1.29, 1.82) is 0 Å². The zero-order chi connectivity index (χ0) is 17.3. The van der Waals surface area contributed by atoms with Crippen molar-refractivity contribution in [3.8, 4) is 0 Å². The largest absolute Gasteiger partial charge is 0.433 e. The molecule has 0 unspecified atom stereocenters. The van der Waals surface area contributed by atoms with E-state index in [9.17, 15) is 13.2 Å². The molecule has 1 aromatic rings. The number of hydrogen-bond acceptors (Lipinski definition) is 1. The molecule has 0 spiro atoms. The van der Waals surface area contributed by atoms with E-state index in [-0.39, 0.29) is 5.92 Å². The Hall–Kier alpha value is -1.06. The van der Waals surface area contributed by atoms with E-state index in [2.05, 4.69) is 25.8 Å². The van der Waals surface area contributed by atoms with Crippen LogP contribution in [-0.4, -0.2) is 4.98 Å². The fraction of sp³-hybridized carbons (Fsp3) is 0.722. The monoisotopic (exact) mass is 317 g/mol. The Morgan fingerprint density at radius 1 is 1.05 bits per heavy atom. The van der Waals surface area contributed by atoms with Crippen LogP contribution >= 0.6 is 0 Å². The summed E-state index contributed by atoms with van der Waals surface area (Å²) in [4.78, 5) is 3.66. The van der Waals surface area contributed by atoms with Gasteiger partial charge in [-0.05, 0) is 43.2 Å². The lowest BCUT2D eigenvalue weighted by Crippen LogP contribution is -2.14. The zero-order valence-electron chi connectivity index (χ0n) is 14.7. The topological polar surface area (TPSA) is 12.9 Å². The van der Waals surface area contributed by atoms with Crippen molar-refractivity contribution < 1.29 is 13.2 Å². The number of hydrogen-bond donors (Lipinski definition) is 0. The van der Waals surface area contributed by atoms with Gasteiger partial charge in [-0.25, -0.2) is 4.98 Å². The van der Waals surface area contributed by atoms with Gasteiger partial charge in [-0.15, -0.1) is 0 Å². The normalized spacial score (nSPS) is 15.0. The highest BCUT2D eigenvalue weighted by Crippen LogP contribution is 2.40. The van der Waals surface area contributed by atoms with Gasteiger partial charge >= 0.3 is 6.18 Å². The minimum Gasteiger partial charge on any atom is -0.248 e. The van der Waals surface area contributed by atoms with Crippen LogP contribution in [0.1, 0.15) is 83.2 Å². The fourth-order valence-electron chi connectivity index (χ4n) is 2.36. The Labute approximate surface area is 133 Å². The number of alkyl halides is 3. The first-order valence-corrected chi connectivity index (χ1v) is 8.26. The van der Waals surface area contributed by atoms with Crippen molar-refractivity contribution in [1.82, 2.24) is 4.98 Å². The number of halogens is 3. The van der Waals surface area contributed by atoms with E-state index < -0.39 is 11.9 Å². The quantitative estimate of drug-likeness (QED) is 0.558. The Bertz CT molecular complexity index is 416. The molecule has 1 nitrogen and oxygen atoms in total. The molecule has 22 heavy (non-hydrogen) atoms. The first-order valence-electron chi connectivity index (χ1n) is 8.26. The number of rotatable bonds is 1. The maximum Gasteiger partial charge on any atom is 0.433 e. The van der Waals surface area contributed by atoms with Crippen LogP contribution in [0.25, 0.3) is 0 Å². The molecular formula is C18H30F3N. The lowest BCUT2D eigenvalue weighted by Gasteiger charge is -2.16. The van der Waals surface area contributed by atoms with E-state index in [0.29, 0.717) is 11.3 Å². The third-order valence-electron chi connectivity index (χ3n) is 3.13. The summed E-state index contributed by atoms with van der Waals surface area (Å²) in [6.45, 7) is 12.1. The van der Waals surface area contributed by atoms with Crippen molar-refractivity contribution >= 4 is 0 Å². The second-order valence-electron chi connectivity index (χ2n) is 6.10. The van der Waals surface area contributed by atoms with Gasteiger partial charge in [0.2, 0.25) is 0 Å². The Balaban J connectivity index is 0.000000640. The van der Waals surface area contributed by atoms with E-state index in [4.69, 9.17) is 0 Å². The van der Waals surface area contributed by atoms with Crippen molar-refractivity contribution in [2.24, 2.45) is 5.92 Å². The Morgan fingerprint density at radius 2 is 1.50 bits per heavy atom. The SMILES string of the molecule is CC.CC(C)C.Cc1ccc(C2CCCC2)c(C(F)(F)F)n1. The molecule has 0 aromatic carbocycles. The van der Waals surface area contributed by atoms with Crippen molar-refractivity contribution in [3.05, 3.63) is 29.1 Å². The lowest BCUT2D eigenvalue weighted by atomic mass is 9.95. The maximum absolute atomic E-state index is 12.8. The minimum absolute atomic E-state index is 0.0460. The van der Waals surface area contributed by atoms with E-state index in [1.165, 1.54) is 0 Å². The molecule has 0 N–H and O–H groups in total. The molecule has 0 radical (unpaired) electrons. The first kappa shape index (κ1) is 20.9. The zero-order valence-corrected chi connectivity index (χ0v) is 14.7. The molecule has 0 aliphatic heterocycles. The molecular weight excluding hydrogens is 287 g/mol. The van der Waals surface area contributed by atoms with Gasteiger partial charge in [0.25, 0.3) is 0 Å². The molecule has 1 fully saturated rings. The van der Waals surface area contributed by atoms with Gasteiger partial charge in [-0.3, -0.25) is 0 Å². The van der Waals surface area contributed by atoms with Gasteiger partial charge in [-0.2, -0.15) is 13.2 Å². The molecule has 0 bridgehead atoms. The van der Waals surface area contributed by atoms with Crippen LogP contribution in [0.5, 0.6) is 0 Å². The summed E-state index contributed by atoms with van der Waals surface area (Å²) >= 11 is 0. The molecule has 1 aliphatic rings. The van der Waals surface area contributed by atoms with E-state index in [0.717, 1.165) is 31.6 Å². The van der Waals surface area contributed by atoms with Crippen LogP contribution in [0.3, 0.4) is 0 Å². The average molecular weight is 317 g/mol. The number of pyridine rings is 1. The van der Waals surface area contributed by atoms with Crippen LogP contribution in [0.15, 0.2) is 12.1 Å². The second kappa shape index (κ2) is 9.86. The van der Waals surface area contributed by atoms with Gasteiger partial charge in [0.1, 0.15) is 5.69 Å². The standard InChI is InChI=1S/C12H14F3N.C4H10.C2H6/c1-8-6-7-10(9-4-2-3-5-9)11(16-8)12(13,14)15;1-4(2)3;1-2/h6-7,9H,2-5H2,1H3;4H,1-3H3;1-2H3. The highest BCUT2D eigenvalue weighted by atomic mass is 19.4. The van der Waals surface area contributed by atoms with E-state index in [1.807, 2.05) is 13.8 Å². The van der Waals surface area contributed by atoms with Crippen molar-refractivity contribution in [3.63, 3.8) is 0 Å². The molecule has 4 heteroatoms. The minimum atomic E-state index is -4.33. The fourth-order valence-corrected chi connectivity index (χ4v) is 2.36. The Kier molecular flexibility index (Phi) is 9.38. The number of nitrogens with zero attached hydrogens (tertiary/aromatic N) is 1. The highest BCUT2D eigenvalue weighted by molar-refractivity contribution is 5.29. The highest BCUT2D eigenvalue weighted by Gasteiger charge is 2.37. The third kappa shape index (κ3) is 7.28. The van der Waals surface area contributed by atoms with Crippen LogP contribution in [0.2, 0.25) is 0 Å². The van der Waals surface area contributed by atoms with E-state index >= 15 is 0 Å². The van der Waals surface area contributed by atoms with Crippen LogP contribution in [-0.2, 0) is 6.18 Å². The summed E-state index contributed by atoms with van der Waals surface area (Å²) in [5.41, 5.74) is 0.129. The molecule has 1 aromatic heterocycles. The summed E-state index contributed by atoms with van der Waals surface area (Å²) in [5, 5.41) is 0. The Morgan fingerprint density at radius 3 is 1.91 bits per heavy atom. The molecule has 0 atom stereocenters. The van der Waals surface area contributed by atoms with E-state index in [1.54, 1.807) is 19.1 Å². The van der Waals surface area contributed by atoms with Crippen LogP contribution in [0, 0.1) is 12.8 Å². The van der Waals surface area contributed by atoms with Gasteiger partial charge in [-0.1, -0.05) is 53.5 Å². The molecule has 1 aliphatic carbocycles. The second-order valence-corrected chi connectivity index (χ2v) is 6.10. The van der Waals surface area contributed by atoms with Gasteiger partial charge < -0.3 is 0 Å². The van der Waals surface area contributed by atoms with Gasteiger partial charge in [0.15, 0.2) is 0 Å². The molecule has 1 saturated carbocycles. The average Bonchev–Trinajstić information content (AvgIpc) is 2.93. The smallest absolute Gasteiger partial charge is 0.248 e. The van der Waals surface area contributed by atoms with Crippen LogP contribution < -0.4 is 0 Å². The summed E-state index contributed by atoms with van der Waals surface area (Å²) in [6.07, 6.45) is -0.572. The molecule has 0 amide bonds. The summed E-state index contributed by atoms with van der Waals surface area (Å²) in [7, 11) is 0. The summed E-state index contributed by atoms with van der Waals surface area (Å²) < 4.78 is 38.5. The molecule has 128 valence electrons. The third-order valence-corrected chi connectivity index (χ3v) is 3.13. The van der Waals surface area contributed by atoms with Gasteiger partial charge in [0, 0.05) is 5.69 Å². The maximum atomic E-state index is 12.8. The lowest BCUT2D eigenvalue weighted by molar-refractivity contribution is -0.142. The molecule has 1 heterocycles. The van der Waals surface area contributed by atoms with Crippen LogP contribution in [0.4, 0.5) is 13.2 Å². The van der Waals surface area contributed by atoms with Gasteiger partial charge in [0.05, 0.1) is 0 Å². The predicted molar refractivity (Wildman–Crippen MR) is 87.0 cm³/mol. The number of aromatic nitrogens is 1. The predicted octanol–water partition coefficient (Wildman–Crippen LogP) is 6.75. The van der Waals surface area contributed by atoms with Crippen molar-refractivity contribution in [2.75, 3.05) is 0 Å². The number of aryl methyl sites for hydroxylation is 1. The first-order chi connectivity index (χ1) is 10.2. The molecule has 0 saturated heterocycles. The summed E-state index contributed by atoms with van der Waals surface area (Å²) in [6, 6.07) is 3.27.